The van der Waals surface area contributed by atoms with Crippen LogP contribution in [0.2, 0.25) is 5.02 Å². The van der Waals surface area contributed by atoms with E-state index in [9.17, 15) is 19.7 Å². The maximum Gasteiger partial charge on any atom is 0.156 e. The Morgan fingerprint density at radius 2 is 1.81 bits per heavy atom. The van der Waals surface area contributed by atoms with Crippen LogP contribution in [0.15, 0.2) is 54.6 Å². The van der Waals surface area contributed by atoms with Gasteiger partial charge in [-0.1, -0.05) is 35.9 Å². The van der Waals surface area contributed by atoms with E-state index in [1.807, 2.05) is 24.3 Å². The molecule has 4 atom stereocenters. The van der Waals surface area contributed by atoms with Crippen molar-refractivity contribution in [1.82, 2.24) is 0 Å². The molecule has 5 nitrogen and oxygen atoms in total. The van der Waals surface area contributed by atoms with Crippen LogP contribution in [0.25, 0.3) is 0 Å². The number of halogens is 2. The van der Waals surface area contributed by atoms with Gasteiger partial charge in [-0.25, -0.2) is 4.39 Å². The number of rotatable bonds is 4. The lowest BCUT2D eigenvalue weighted by Crippen LogP contribution is -2.47. The molecular weight excluding hydrogens is 375 g/mol. The molecule has 0 bridgehead atoms. The van der Waals surface area contributed by atoms with Crippen molar-refractivity contribution < 1.29 is 29.2 Å². The summed E-state index contributed by atoms with van der Waals surface area (Å²) in [6.07, 6.45) is -5.02. The Kier molecular flexibility index (Phi) is 6.01. The second kappa shape index (κ2) is 8.27. The molecule has 0 saturated carbocycles. The fourth-order valence-electron chi connectivity index (χ4n) is 3.05. The number of ether oxygens (including phenoxy) is 2. The monoisotopic (exact) mass is 394 g/mol. The Bertz CT molecular complexity index is 824. The second-order valence-electron chi connectivity index (χ2n) is 6.35. The molecule has 0 aliphatic carbocycles. The predicted molar refractivity (Wildman–Crippen MR) is 98.3 cm³/mol. The third-order valence-corrected chi connectivity index (χ3v) is 4.97. The number of aliphatic hydroxyl groups is 3. The van der Waals surface area contributed by atoms with Crippen molar-refractivity contribution >= 4 is 11.6 Å². The van der Waals surface area contributed by atoms with Gasteiger partial charge in [0.2, 0.25) is 0 Å². The van der Waals surface area contributed by atoms with E-state index < -0.39 is 30.2 Å². The molecule has 7 heteroatoms. The zero-order valence-corrected chi connectivity index (χ0v) is 15.3. The summed E-state index contributed by atoms with van der Waals surface area (Å²) in [6.45, 7) is 0. The van der Waals surface area contributed by atoms with E-state index in [1.165, 1.54) is 0 Å². The first-order valence-corrected chi connectivity index (χ1v) is 8.74. The highest BCUT2D eigenvalue weighted by atomic mass is 35.5. The average molecular weight is 395 g/mol. The molecule has 0 spiro atoms. The second-order valence-corrected chi connectivity index (χ2v) is 6.76. The Morgan fingerprint density at radius 3 is 2.44 bits per heavy atom. The number of benzene rings is 2. The van der Waals surface area contributed by atoms with Crippen LogP contribution in [0, 0.1) is 0 Å². The predicted octanol–water partition coefficient (Wildman–Crippen LogP) is 2.90. The van der Waals surface area contributed by atoms with E-state index in [0.29, 0.717) is 17.0 Å². The standard InChI is InChI=1S/C20H20ClFO5/c1-26-14-5-2-11(3-6-14)8-13-9-12(4-7-15(13)21)20-19(25)18(24)17(23)16(10-22)27-20/h2-7,9-10,17-20,23-25H,8H2,1H3/b16-10-/t17-,18+,19-,20+/m1/s1. The maximum absolute atomic E-state index is 12.9. The summed E-state index contributed by atoms with van der Waals surface area (Å²) in [7, 11) is 1.59. The minimum atomic E-state index is -1.62. The topological polar surface area (TPSA) is 79.2 Å². The van der Waals surface area contributed by atoms with Gasteiger partial charge in [-0.05, 0) is 41.3 Å². The third-order valence-electron chi connectivity index (χ3n) is 4.60. The molecule has 1 aliphatic rings. The Labute approximate surface area is 161 Å². The first-order valence-electron chi connectivity index (χ1n) is 8.37. The van der Waals surface area contributed by atoms with E-state index in [4.69, 9.17) is 21.1 Å². The highest BCUT2D eigenvalue weighted by molar-refractivity contribution is 6.31. The van der Waals surface area contributed by atoms with Gasteiger partial charge >= 0.3 is 0 Å². The molecule has 0 amide bonds. The van der Waals surface area contributed by atoms with E-state index in [1.54, 1.807) is 25.3 Å². The zero-order valence-electron chi connectivity index (χ0n) is 14.5. The largest absolute Gasteiger partial charge is 0.497 e. The van der Waals surface area contributed by atoms with Crippen molar-refractivity contribution in [2.45, 2.75) is 30.8 Å². The van der Waals surface area contributed by atoms with Crippen LogP contribution in [0.1, 0.15) is 22.8 Å². The number of hydrogen-bond acceptors (Lipinski definition) is 5. The first kappa shape index (κ1) is 19.6. The molecule has 144 valence electrons. The Hall–Kier alpha value is -2.12. The molecule has 3 rings (SSSR count). The third kappa shape index (κ3) is 4.09. The van der Waals surface area contributed by atoms with Gasteiger partial charge in [0, 0.05) is 5.02 Å². The maximum atomic E-state index is 12.9. The minimum Gasteiger partial charge on any atom is -0.497 e. The number of hydrogen-bond donors (Lipinski definition) is 3. The van der Waals surface area contributed by atoms with Crippen molar-refractivity contribution in [3.05, 3.63) is 76.3 Å². The van der Waals surface area contributed by atoms with E-state index >= 15 is 0 Å². The van der Waals surface area contributed by atoms with Crippen molar-refractivity contribution in [3.63, 3.8) is 0 Å². The fraction of sp³-hybridized carbons (Fsp3) is 0.300. The molecule has 1 saturated heterocycles. The number of aliphatic hydroxyl groups excluding tert-OH is 3. The quantitative estimate of drug-likeness (QED) is 0.743. The summed E-state index contributed by atoms with van der Waals surface area (Å²) < 4.78 is 23.4. The lowest BCUT2D eigenvalue weighted by molar-refractivity contribution is -0.158. The summed E-state index contributed by atoms with van der Waals surface area (Å²) >= 11 is 6.30. The molecule has 0 aromatic heterocycles. The molecule has 1 fully saturated rings. The normalized spacial score (nSPS) is 26.7. The fourth-order valence-corrected chi connectivity index (χ4v) is 3.23. The Morgan fingerprint density at radius 1 is 1.11 bits per heavy atom. The molecule has 2 aromatic carbocycles. The first-order chi connectivity index (χ1) is 12.9. The van der Waals surface area contributed by atoms with Crippen LogP contribution < -0.4 is 4.74 Å². The summed E-state index contributed by atoms with van der Waals surface area (Å²) in [6, 6.07) is 12.5. The van der Waals surface area contributed by atoms with Crippen LogP contribution >= 0.6 is 11.6 Å². The lowest BCUT2D eigenvalue weighted by atomic mass is 9.92. The van der Waals surface area contributed by atoms with Gasteiger partial charge in [0.25, 0.3) is 0 Å². The van der Waals surface area contributed by atoms with E-state index in [0.717, 1.165) is 16.9 Å². The SMILES string of the molecule is COc1ccc(Cc2cc([C@@H]3O/C(=C\F)[C@@H](O)[C@H](O)[C@H]3O)ccc2Cl)cc1. The minimum absolute atomic E-state index is 0.0843. The molecular formula is C20H20ClFO5. The summed E-state index contributed by atoms with van der Waals surface area (Å²) in [5.74, 6) is 0.319. The smallest absolute Gasteiger partial charge is 0.156 e. The molecule has 1 aliphatic heterocycles. The van der Waals surface area contributed by atoms with Gasteiger partial charge in [-0.3, -0.25) is 0 Å². The van der Waals surface area contributed by atoms with Crippen LogP contribution in [-0.2, 0) is 11.2 Å². The van der Waals surface area contributed by atoms with Gasteiger partial charge in [0.1, 0.15) is 30.4 Å². The zero-order chi connectivity index (χ0) is 19.6. The molecule has 27 heavy (non-hydrogen) atoms. The van der Waals surface area contributed by atoms with Crippen LogP contribution in [0.4, 0.5) is 4.39 Å². The van der Waals surface area contributed by atoms with Crippen LogP contribution in [-0.4, -0.2) is 40.7 Å². The van der Waals surface area contributed by atoms with Crippen molar-refractivity contribution in [2.75, 3.05) is 7.11 Å². The highest BCUT2D eigenvalue weighted by Gasteiger charge is 2.42. The molecule has 2 aromatic rings. The molecule has 0 unspecified atom stereocenters. The van der Waals surface area contributed by atoms with Gasteiger partial charge in [-0.15, -0.1) is 0 Å². The summed E-state index contributed by atoms with van der Waals surface area (Å²) in [5, 5.41) is 30.5. The van der Waals surface area contributed by atoms with E-state index in [2.05, 4.69) is 0 Å². The summed E-state index contributed by atoms with van der Waals surface area (Å²) in [4.78, 5) is 0. The lowest BCUT2D eigenvalue weighted by Gasteiger charge is -2.37. The van der Waals surface area contributed by atoms with Crippen molar-refractivity contribution in [3.8, 4) is 5.75 Å². The average Bonchev–Trinajstić information content (AvgIpc) is 2.69. The van der Waals surface area contributed by atoms with Crippen molar-refractivity contribution in [1.29, 1.82) is 0 Å². The molecule has 1 heterocycles. The summed E-state index contributed by atoms with van der Waals surface area (Å²) in [5.41, 5.74) is 2.29. The molecule has 3 N–H and O–H groups in total. The van der Waals surface area contributed by atoms with Gasteiger partial charge in [-0.2, -0.15) is 0 Å². The van der Waals surface area contributed by atoms with E-state index in [-0.39, 0.29) is 6.33 Å². The van der Waals surface area contributed by atoms with Gasteiger partial charge in [0.15, 0.2) is 11.9 Å². The van der Waals surface area contributed by atoms with Gasteiger partial charge in [0.05, 0.1) is 7.11 Å². The number of methoxy groups -OCH3 is 1. The Balaban J connectivity index is 1.87. The highest BCUT2D eigenvalue weighted by Crippen LogP contribution is 2.36. The van der Waals surface area contributed by atoms with Crippen molar-refractivity contribution in [2.24, 2.45) is 0 Å². The van der Waals surface area contributed by atoms with Crippen LogP contribution in [0.3, 0.4) is 0 Å². The van der Waals surface area contributed by atoms with Gasteiger partial charge < -0.3 is 24.8 Å². The molecule has 0 radical (unpaired) electrons. The van der Waals surface area contributed by atoms with Crippen LogP contribution in [0.5, 0.6) is 5.75 Å².